The first kappa shape index (κ1) is 15.4. The number of carbonyl (C=O) groups excluding carboxylic acids is 1. The largest absolute Gasteiger partial charge is 0.351 e. The smallest absolute Gasteiger partial charge is 0.274 e. The highest BCUT2D eigenvalue weighted by atomic mass is 19.1. The number of carbonyl (C=O) groups is 1. The zero-order chi connectivity index (χ0) is 16.2. The van der Waals surface area contributed by atoms with E-state index < -0.39 is 5.82 Å². The Labute approximate surface area is 134 Å². The molecular formula is C17H19FN4O. The van der Waals surface area contributed by atoms with E-state index in [9.17, 15) is 9.18 Å². The summed E-state index contributed by atoms with van der Waals surface area (Å²) < 4.78 is 13.2. The van der Waals surface area contributed by atoms with Gasteiger partial charge in [0.1, 0.15) is 11.5 Å². The SMILES string of the molecule is Cc1cc(C(=O)Nc2cccc(F)c2)nc(NC2CCCC2)n1. The van der Waals surface area contributed by atoms with Crippen LogP contribution in [0.4, 0.5) is 16.0 Å². The molecule has 0 bridgehead atoms. The molecule has 1 aliphatic carbocycles. The van der Waals surface area contributed by atoms with E-state index in [2.05, 4.69) is 20.6 Å². The Morgan fingerprint density at radius 1 is 1.22 bits per heavy atom. The third kappa shape index (κ3) is 4.03. The van der Waals surface area contributed by atoms with Crippen LogP contribution in [0.2, 0.25) is 0 Å². The number of nitrogens with zero attached hydrogens (tertiary/aromatic N) is 2. The number of hydrogen-bond acceptors (Lipinski definition) is 4. The minimum Gasteiger partial charge on any atom is -0.351 e. The lowest BCUT2D eigenvalue weighted by molar-refractivity contribution is 0.102. The zero-order valence-electron chi connectivity index (χ0n) is 13.0. The number of rotatable bonds is 4. The summed E-state index contributed by atoms with van der Waals surface area (Å²) in [4.78, 5) is 20.9. The number of amides is 1. The monoisotopic (exact) mass is 314 g/mol. The first-order chi connectivity index (χ1) is 11.1. The maximum absolute atomic E-state index is 13.2. The summed E-state index contributed by atoms with van der Waals surface area (Å²) in [5, 5.41) is 5.94. The second kappa shape index (κ2) is 6.73. The van der Waals surface area contributed by atoms with Crippen LogP contribution in [0.3, 0.4) is 0 Å². The summed E-state index contributed by atoms with van der Waals surface area (Å²) in [6, 6.07) is 7.76. The number of anilines is 2. The van der Waals surface area contributed by atoms with Gasteiger partial charge in [0.15, 0.2) is 0 Å². The van der Waals surface area contributed by atoms with E-state index in [-0.39, 0.29) is 11.6 Å². The normalized spacial score (nSPS) is 14.7. The van der Waals surface area contributed by atoms with Gasteiger partial charge < -0.3 is 10.6 Å². The lowest BCUT2D eigenvalue weighted by Crippen LogP contribution is -2.20. The van der Waals surface area contributed by atoms with Crippen LogP contribution >= 0.6 is 0 Å². The van der Waals surface area contributed by atoms with Gasteiger partial charge in [0.2, 0.25) is 5.95 Å². The Morgan fingerprint density at radius 2 is 2.00 bits per heavy atom. The van der Waals surface area contributed by atoms with Crippen molar-refractivity contribution < 1.29 is 9.18 Å². The highest BCUT2D eigenvalue weighted by Gasteiger charge is 2.17. The summed E-state index contributed by atoms with van der Waals surface area (Å²) in [5.41, 5.74) is 1.38. The second-order valence-electron chi connectivity index (χ2n) is 5.81. The van der Waals surface area contributed by atoms with Gasteiger partial charge in [-0.3, -0.25) is 4.79 Å². The number of aromatic nitrogens is 2. The molecule has 0 spiro atoms. The van der Waals surface area contributed by atoms with E-state index >= 15 is 0 Å². The fraction of sp³-hybridized carbons (Fsp3) is 0.353. The van der Waals surface area contributed by atoms with Crippen molar-refractivity contribution in [2.24, 2.45) is 0 Å². The average molecular weight is 314 g/mol. The molecule has 1 saturated carbocycles. The van der Waals surface area contributed by atoms with Gasteiger partial charge in [-0.15, -0.1) is 0 Å². The molecule has 1 amide bonds. The summed E-state index contributed by atoms with van der Waals surface area (Å²) in [7, 11) is 0. The Kier molecular flexibility index (Phi) is 4.50. The molecule has 2 aromatic rings. The highest BCUT2D eigenvalue weighted by Crippen LogP contribution is 2.21. The molecule has 5 nitrogen and oxygen atoms in total. The van der Waals surface area contributed by atoms with E-state index in [4.69, 9.17) is 0 Å². The number of hydrogen-bond donors (Lipinski definition) is 2. The van der Waals surface area contributed by atoms with Gasteiger partial charge in [0, 0.05) is 17.4 Å². The van der Waals surface area contributed by atoms with Crippen LogP contribution in [0.15, 0.2) is 30.3 Å². The van der Waals surface area contributed by atoms with Crippen molar-refractivity contribution >= 4 is 17.5 Å². The van der Waals surface area contributed by atoms with Gasteiger partial charge >= 0.3 is 0 Å². The molecule has 1 aromatic carbocycles. The number of benzene rings is 1. The molecule has 1 fully saturated rings. The third-order valence-electron chi connectivity index (χ3n) is 3.86. The molecule has 120 valence electrons. The highest BCUT2D eigenvalue weighted by molar-refractivity contribution is 6.03. The fourth-order valence-electron chi connectivity index (χ4n) is 2.76. The van der Waals surface area contributed by atoms with Crippen LogP contribution < -0.4 is 10.6 Å². The maximum atomic E-state index is 13.2. The van der Waals surface area contributed by atoms with Crippen molar-refractivity contribution in [1.29, 1.82) is 0 Å². The van der Waals surface area contributed by atoms with E-state index in [1.165, 1.54) is 25.0 Å². The Morgan fingerprint density at radius 3 is 2.74 bits per heavy atom. The third-order valence-corrected chi connectivity index (χ3v) is 3.86. The molecule has 3 rings (SSSR count). The van der Waals surface area contributed by atoms with Crippen molar-refractivity contribution in [3.8, 4) is 0 Å². The van der Waals surface area contributed by atoms with Crippen LogP contribution in [0.25, 0.3) is 0 Å². The predicted octanol–water partition coefficient (Wildman–Crippen LogP) is 3.53. The molecule has 1 heterocycles. The molecule has 0 atom stereocenters. The lowest BCUT2D eigenvalue weighted by atomic mass is 10.2. The van der Waals surface area contributed by atoms with Gasteiger partial charge in [-0.25, -0.2) is 14.4 Å². The second-order valence-corrected chi connectivity index (χ2v) is 5.81. The average Bonchev–Trinajstić information content (AvgIpc) is 2.99. The summed E-state index contributed by atoms with van der Waals surface area (Å²) >= 11 is 0. The minimum atomic E-state index is -0.398. The molecule has 2 N–H and O–H groups in total. The van der Waals surface area contributed by atoms with Crippen molar-refractivity contribution in [2.45, 2.75) is 38.6 Å². The topological polar surface area (TPSA) is 66.9 Å². The van der Waals surface area contributed by atoms with Crippen molar-refractivity contribution in [3.05, 3.63) is 47.5 Å². The zero-order valence-corrected chi connectivity index (χ0v) is 13.0. The van der Waals surface area contributed by atoms with E-state index in [1.54, 1.807) is 18.2 Å². The van der Waals surface area contributed by atoms with E-state index in [0.29, 0.717) is 23.4 Å². The standard InChI is InChI=1S/C17H19FN4O/c1-11-9-15(16(23)20-14-8-4-5-12(18)10-14)22-17(19-11)21-13-6-2-3-7-13/h4-5,8-10,13H,2-3,6-7H2,1H3,(H,20,23)(H,19,21,22). The first-order valence-corrected chi connectivity index (χ1v) is 7.79. The summed E-state index contributed by atoms with van der Waals surface area (Å²) in [5.74, 6) is -0.304. The Bertz CT molecular complexity index is 713. The molecule has 23 heavy (non-hydrogen) atoms. The van der Waals surface area contributed by atoms with Gasteiger partial charge in [0.25, 0.3) is 5.91 Å². The van der Waals surface area contributed by atoms with Gasteiger partial charge in [0.05, 0.1) is 0 Å². The quantitative estimate of drug-likeness (QED) is 0.906. The summed E-state index contributed by atoms with van der Waals surface area (Å²) in [6.07, 6.45) is 4.61. The molecule has 1 aromatic heterocycles. The predicted molar refractivity (Wildman–Crippen MR) is 87.0 cm³/mol. The van der Waals surface area contributed by atoms with E-state index in [1.807, 2.05) is 6.92 Å². The molecular weight excluding hydrogens is 295 g/mol. The number of nitrogens with one attached hydrogen (secondary N) is 2. The van der Waals surface area contributed by atoms with Crippen molar-refractivity contribution in [1.82, 2.24) is 9.97 Å². The van der Waals surface area contributed by atoms with Crippen LogP contribution in [0.5, 0.6) is 0 Å². The van der Waals surface area contributed by atoms with Crippen LogP contribution in [0.1, 0.15) is 41.9 Å². The number of halogens is 1. The van der Waals surface area contributed by atoms with Crippen LogP contribution in [0, 0.1) is 12.7 Å². The molecule has 0 saturated heterocycles. The maximum Gasteiger partial charge on any atom is 0.274 e. The minimum absolute atomic E-state index is 0.266. The van der Waals surface area contributed by atoms with Gasteiger partial charge in [-0.05, 0) is 44.0 Å². The lowest BCUT2D eigenvalue weighted by Gasteiger charge is -2.13. The summed E-state index contributed by atoms with van der Waals surface area (Å²) in [6.45, 7) is 1.82. The van der Waals surface area contributed by atoms with Crippen LogP contribution in [-0.2, 0) is 0 Å². The molecule has 0 aliphatic heterocycles. The number of aryl methyl sites for hydroxylation is 1. The van der Waals surface area contributed by atoms with Gasteiger partial charge in [-0.1, -0.05) is 18.9 Å². The molecule has 1 aliphatic rings. The van der Waals surface area contributed by atoms with Gasteiger partial charge in [-0.2, -0.15) is 0 Å². The molecule has 0 radical (unpaired) electrons. The Balaban J connectivity index is 1.75. The van der Waals surface area contributed by atoms with Crippen molar-refractivity contribution in [3.63, 3.8) is 0 Å². The van der Waals surface area contributed by atoms with E-state index in [0.717, 1.165) is 12.8 Å². The molecule has 0 unspecified atom stereocenters. The molecule has 6 heteroatoms. The Hall–Kier alpha value is -2.50. The van der Waals surface area contributed by atoms with Crippen molar-refractivity contribution in [2.75, 3.05) is 10.6 Å². The first-order valence-electron chi connectivity index (χ1n) is 7.79. The van der Waals surface area contributed by atoms with Crippen LogP contribution in [-0.4, -0.2) is 21.9 Å². The fourth-order valence-corrected chi connectivity index (χ4v) is 2.76.